The summed E-state index contributed by atoms with van der Waals surface area (Å²) in [6.07, 6.45) is 5.21. The number of hydrogen-bond acceptors (Lipinski definition) is 3. The summed E-state index contributed by atoms with van der Waals surface area (Å²) >= 11 is 0. The molecule has 1 aromatic heterocycles. The predicted molar refractivity (Wildman–Crippen MR) is 87.6 cm³/mol. The molecule has 0 fully saturated rings. The second-order valence-electron chi connectivity index (χ2n) is 5.19. The summed E-state index contributed by atoms with van der Waals surface area (Å²) in [5.41, 5.74) is 1.25. The summed E-state index contributed by atoms with van der Waals surface area (Å²) in [7, 11) is 7.68. The van der Waals surface area contributed by atoms with Crippen LogP contribution in [0.4, 0.5) is 0 Å². The number of ether oxygens (including phenoxy) is 1. The number of hydrogen-bond donors (Lipinski definition) is 2. The fourth-order valence-electron chi connectivity index (χ4n) is 2.03. The van der Waals surface area contributed by atoms with Gasteiger partial charge in [-0.3, -0.25) is 4.99 Å². The van der Waals surface area contributed by atoms with Gasteiger partial charge in [0.05, 0.1) is 0 Å². The van der Waals surface area contributed by atoms with E-state index in [1.165, 1.54) is 5.56 Å². The van der Waals surface area contributed by atoms with Crippen molar-refractivity contribution in [2.24, 2.45) is 12.0 Å². The first-order valence-corrected chi connectivity index (χ1v) is 7.38. The number of rotatable bonds is 9. The second kappa shape index (κ2) is 10.2. The molecule has 6 heteroatoms. The number of methoxy groups -OCH3 is 1. The molecule has 0 aromatic carbocycles. The average molecular weight is 295 g/mol. The Morgan fingerprint density at radius 2 is 2.19 bits per heavy atom. The van der Waals surface area contributed by atoms with Gasteiger partial charge in [0, 0.05) is 66.4 Å². The largest absolute Gasteiger partial charge is 0.385 e. The van der Waals surface area contributed by atoms with E-state index in [2.05, 4.69) is 39.8 Å². The zero-order valence-corrected chi connectivity index (χ0v) is 13.7. The molecule has 0 unspecified atom stereocenters. The van der Waals surface area contributed by atoms with Gasteiger partial charge in [0.15, 0.2) is 5.96 Å². The number of nitrogens with one attached hydrogen (secondary N) is 2. The van der Waals surface area contributed by atoms with Gasteiger partial charge in [0.25, 0.3) is 0 Å². The summed E-state index contributed by atoms with van der Waals surface area (Å²) in [4.78, 5) is 6.52. The Morgan fingerprint density at radius 1 is 1.38 bits per heavy atom. The van der Waals surface area contributed by atoms with Crippen molar-refractivity contribution in [1.29, 1.82) is 0 Å². The van der Waals surface area contributed by atoms with Crippen LogP contribution < -0.4 is 10.6 Å². The summed E-state index contributed by atoms with van der Waals surface area (Å²) in [6.45, 7) is 4.50. The van der Waals surface area contributed by atoms with Crippen molar-refractivity contribution in [1.82, 2.24) is 20.1 Å². The van der Waals surface area contributed by atoms with Gasteiger partial charge in [0.1, 0.15) is 0 Å². The van der Waals surface area contributed by atoms with Crippen LogP contribution in [-0.4, -0.2) is 62.9 Å². The number of guanidine groups is 1. The molecule has 120 valence electrons. The van der Waals surface area contributed by atoms with E-state index in [1.54, 1.807) is 14.2 Å². The Kier molecular flexibility index (Phi) is 8.54. The maximum Gasteiger partial charge on any atom is 0.191 e. The van der Waals surface area contributed by atoms with Crippen molar-refractivity contribution in [3.05, 3.63) is 24.0 Å². The molecule has 0 spiro atoms. The molecular weight excluding hydrogens is 266 g/mol. The third-order valence-corrected chi connectivity index (χ3v) is 3.25. The van der Waals surface area contributed by atoms with Gasteiger partial charge in [-0.2, -0.15) is 0 Å². The molecule has 1 rings (SSSR count). The fourth-order valence-corrected chi connectivity index (χ4v) is 2.03. The van der Waals surface area contributed by atoms with E-state index < -0.39 is 0 Å². The van der Waals surface area contributed by atoms with Crippen LogP contribution in [-0.2, 0) is 18.3 Å². The minimum atomic E-state index is 0.782. The zero-order chi connectivity index (χ0) is 15.5. The van der Waals surface area contributed by atoms with Gasteiger partial charge in [-0.1, -0.05) is 0 Å². The Hall–Kier alpha value is -1.53. The third-order valence-electron chi connectivity index (χ3n) is 3.25. The first-order chi connectivity index (χ1) is 10.2. The Labute approximate surface area is 128 Å². The Morgan fingerprint density at radius 3 is 2.81 bits per heavy atom. The molecule has 0 atom stereocenters. The molecule has 21 heavy (non-hydrogen) atoms. The molecule has 1 heterocycles. The van der Waals surface area contributed by atoms with Crippen molar-refractivity contribution in [3.8, 4) is 0 Å². The predicted octanol–water partition coefficient (Wildman–Crippen LogP) is 0.658. The van der Waals surface area contributed by atoms with Crippen LogP contribution in [0.25, 0.3) is 0 Å². The van der Waals surface area contributed by atoms with E-state index in [1.807, 2.05) is 17.8 Å². The molecule has 0 bridgehead atoms. The number of aliphatic imine (C=N–C) groups is 1. The molecule has 0 aliphatic heterocycles. The monoisotopic (exact) mass is 295 g/mol. The zero-order valence-electron chi connectivity index (χ0n) is 13.7. The van der Waals surface area contributed by atoms with Gasteiger partial charge >= 0.3 is 0 Å². The average Bonchev–Trinajstić information content (AvgIpc) is 2.88. The molecule has 1 aromatic rings. The van der Waals surface area contributed by atoms with Gasteiger partial charge in [-0.05, 0) is 25.1 Å². The Bertz CT molecular complexity index is 416. The number of aryl methyl sites for hydroxylation is 1. The quantitative estimate of drug-likeness (QED) is 0.399. The lowest BCUT2D eigenvalue weighted by molar-refractivity contribution is 0.180. The lowest BCUT2D eigenvalue weighted by Crippen LogP contribution is -2.40. The van der Waals surface area contributed by atoms with Gasteiger partial charge in [-0.15, -0.1) is 0 Å². The molecule has 0 aliphatic rings. The minimum absolute atomic E-state index is 0.782. The molecule has 0 saturated carbocycles. The number of aromatic nitrogens is 1. The van der Waals surface area contributed by atoms with E-state index >= 15 is 0 Å². The normalized spacial score (nSPS) is 12.0. The Balaban J connectivity index is 2.16. The van der Waals surface area contributed by atoms with Crippen LogP contribution >= 0.6 is 0 Å². The first kappa shape index (κ1) is 17.5. The smallest absolute Gasteiger partial charge is 0.191 e. The molecule has 2 N–H and O–H groups in total. The molecule has 0 aliphatic carbocycles. The molecule has 0 saturated heterocycles. The highest BCUT2D eigenvalue weighted by atomic mass is 16.5. The summed E-state index contributed by atoms with van der Waals surface area (Å²) in [6, 6.07) is 2.10. The highest BCUT2D eigenvalue weighted by molar-refractivity contribution is 5.79. The first-order valence-electron chi connectivity index (χ1n) is 7.38. The van der Waals surface area contributed by atoms with Crippen LogP contribution in [0, 0.1) is 0 Å². The maximum atomic E-state index is 5.05. The lowest BCUT2D eigenvalue weighted by atomic mass is 10.3. The van der Waals surface area contributed by atoms with Crippen molar-refractivity contribution in [2.75, 3.05) is 47.4 Å². The van der Waals surface area contributed by atoms with Gasteiger partial charge < -0.3 is 24.8 Å². The number of nitrogens with zero attached hydrogens (tertiary/aromatic N) is 3. The van der Waals surface area contributed by atoms with E-state index in [0.717, 1.165) is 45.2 Å². The number of likely N-dealkylation sites (N-methyl/N-ethyl adjacent to an activating group) is 1. The van der Waals surface area contributed by atoms with E-state index in [4.69, 9.17) is 4.74 Å². The van der Waals surface area contributed by atoms with Gasteiger partial charge in [-0.25, -0.2) is 0 Å². The van der Waals surface area contributed by atoms with E-state index in [-0.39, 0.29) is 0 Å². The summed E-state index contributed by atoms with van der Waals surface area (Å²) in [5, 5.41) is 6.64. The minimum Gasteiger partial charge on any atom is -0.385 e. The standard InChI is InChI=1S/C15H29N5O/c1-16-15(18-12-14-6-9-20(3)13-14)17-7-10-19(2)8-5-11-21-4/h6,9,13H,5,7-8,10-12H2,1-4H3,(H2,16,17,18). The topological polar surface area (TPSA) is 53.8 Å². The van der Waals surface area contributed by atoms with Crippen molar-refractivity contribution < 1.29 is 4.74 Å². The second-order valence-corrected chi connectivity index (χ2v) is 5.19. The SMILES string of the molecule is CN=C(NCCN(C)CCCOC)NCc1ccn(C)c1. The van der Waals surface area contributed by atoms with Crippen LogP contribution in [0.3, 0.4) is 0 Å². The van der Waals surface area contributed by atoms with Crippen LogP contribution in [0.15, 0.2) is 23.5 Å². The third kappa shape index (κ3) is 7.72. The maximum absolute atomic E-state index is 5.05. The van der Waals surface area contributed by atoms with Gasteiger partial charge in [0.2, 0.25) is 0 Å². The highest BCUT2D eigenvalue weighted by Crippen LogP contribution is 1.98. The summed E-state index contributed by atoms with van der Waals surface area (Å²) in [5.74, 6) is 0.837. The van der Waals surface area contributed by atoms with Crippen molar-refractivity contribution >= 4 is 5.96 Å². The molecule has 0 radical (unpaired) electrons. The van der Waals surface area contributed by atoms with Crippen LogP contribution in [0.1, 0.15) is 12.0 Å². The van der Waals surface area contributed by atoms with Crippen LogP contribution in [0.5, 0.6) is 0 Å². The van der Waals surface area contributed by atoms with Crippen molar-refractivity contribution in [3.63, 3.8) is 0 Å². The summed E-state index contributed by atoms with van der Waals surface area (Å²) < 4.78 is 7.10. The van der Waals surface area contributed by atoms with E-state index in [9.17, 15) is 0 Å². The molecular formula is C15H29N5O. The lowest BCUT2D eigenvalue weighted by Gasteiger charge is -2.18. The van der Waals surface area contributed by atoms with Crippen molar-refractivity contribution in [2.45, 2.75) is 13.0 Å². The molecule has 0 amide bonds. The fraction of sp³-hybridized carbons (Fsp3) is 0.667. The molecule has 6 nitrogen and oxygen atoms in total. The van der Waals surface area contributed by atoms with E-state index in [0.29, 0.717) is 0 Å². The highest BCUT2D eigenvalue weighted by Gasteiger charge is 2.01. The van der Waals surface area contributed by atoms with Crippen LogP contribution in [0.2, 0.25) is 0 Å².